The van der Waals surface area contributed by atoms with Crippen molar-refractivity contribution < 1.29 is 29.3 Å². The molecule has 6 nitrogen and oxygen atoms in total. The van der Waals surface area contributed by atoms with Gasteiger partial charge >= 0.3 is 11.9 Å². The minimum atomic E-state index is -0.665. The number of carbonyl (C=O) groups excluding carboxylic acids is 2. The molecule has 0 aliphatic carbocycles. The molecule has 0 saturated heterocycles. The van der Waals surface area contributed by atoms with Crippen LogP contribution < -0.4 is 0 Å². The van der Waals surface area contributed by atoms with Gasteiger partial charge in [-0.2, -0.15) is 0 Å². The Bertz CT molecular complexity index is 721. The van der Waals surface area contributed by atoms with Gasteiger partial charge in [-0.25, -0.2) is 9.59 Å². The van der Waals surface area contributed by atoms with Gasteiger partial charge in [-0.3, -0.25) is 0 Å². The molecule has 1 heterocycles. The van der Waals surface area contributed by atoms with Crippen molar-refractivity contribution in [3.63, 3.8) is 0 Å². The number of methoxy groups -OCH3 is 1. The number of ether oxygens (including phenoxy) is 2. The van der Waals surface area contributed by atoms with Gasteiger partial charge in [0.05, 0.1) is 13.2 Å². The van der Waals surface area contributed by atoms with Crippen molar-refractivity contribution >= 4 is 11.9 Å². The second-order valence-corrected chi connectivity index (χ2v) is 6.69. The molecule has 6 heteroatoms. The molecule has 3 atom stereocenters. The summed E-state index contributed by atoms with van der Waals surface area (Å²) in [5, 5.41) is 20.6. The molecule has 2 rings (SSSR count). The number of hydrogen-bond acceptors (Lipinski definition) is 6. The van der Waals surface area contributed by atoms with Gasteiger partial charge in [0.25, 0.3) is 0 Å². The van der Waals surface area contributed by atoms with Crippen LogP contribution in [0.5, 0.6) is 5.75 Å². The zero-order chi connectivity index (χ0) is 19.8. The molecule has 27 heavy (non-hydrogen) atoms. The third-order valence-electron chi connectivity index (χ3n) is 4.63. The molecule has 1 aromatic carbocycles. The summed E-state index contributed by atoms with van der Waals surface area (Å²) in [6.45, 7) is 1.93. The van der Waals surface area contributed by atoms with Gasteiger partial charge in [0, 0.05) is 18.9 Å². The number of carbonyl (C=O) groups is 2. The maximum atomic E-state index is 12.7. The maximum Gasteiger partial charge on any atom is 0.342 e. The van der Waals surface area contributed by atoms with Crippen LogP contribution in [-0.2, 0) is 20.7 Å². The van der Waals surface area contributed by atoms with E-state index in [0.29, 0.717) is 18.4 Å². The number of fused-ring (bicyclic) bond motifs is 1. The molecule has 1 aliphatic rings. The van der Waals surface area contributed by atoms with E-state index in [1.54, 1.807) is 18.2 Å². The predicted octanol–water partition coefficient (Wildman–Crippen LogP) is 2.93. The Hall–Kier alpha value is -2.60. The van der Waals surface area contributed by atoms with Gasteiger partial charge in [-0.15, -0.1) is 0 Å². The first-order valence-corrected chi connectivity index (χ1v) is 9.01. The Labute approximate surface area is 159 Å². The average molecular weight is 374 g/mol. The maximum absolute atomic E-state index is 12.7. The topological polar surface area (TPSA) is 93.1 Å². The largest absolute Gasteiger partial charge is 0.507 e. The van der Waals surface area contributed by atoms with E-state index in [2.05, 4.69) is 4.74 Å². The monoisotopic (exact) mass is 374 g/mol. The summed E-state index contributed by atoms with van der Waals surface area (Å²) >= 11 is 0. The third kappa shape index (κ3) is 5.96. The van der Waals surface area contributed by atoms with Crippen LogP contribution in [0.4, 0.5) is 0 Å². The Morgan fingerprint density at radius 2 is 2.15 bits per heavy atom. The zero-order valence-electron chi connectivity index (χ0n) is 15.6. The first kappa shape index (κ1) is 20.7. The number of phenols is 1. The fraction of sp³-hybridized carbons (Fsp3) is 0.429. The summed E-state index contributed by atoms with van der Waals surface area (Å²) in [5.41, 5.74) is 0.807. The molecule has 0 amide bonds. The molecule has 0 radical (unpaired) electrons. The van der Waals surface area contributed by atoms with Crippen LogP contribution in [0.1, 0.15) is 42.1 Å². The van der Waals surface area contributed by atoms with E-state index in [1.807, 2.05) is 19.1 Å². The minimum Gasteiger partial charge on any atom is -0.507 e. The number of aliphatic hydroxyl groups is 1. The number of aromatic hydroxyl groups is 1. The highest BCUT2D eigenvalue weighted by Gasteiger charge is 2.25. The van der Waals surface area contributed by atoms with Crippen molar-refractivity contribution in [3.8, 4) is 5.75 Å². The molecular formula is C21H26O6. The quantitative estimate of drug-likeness (QED) is 0.480. The first-order chi connectivity index (χ1) is 12.9. The molecular weight excluding hydrogens is 348 g/mol. The Morgan fingerprint density at radius 1 is 1.37 bits per heavy atom. The van der Waals surface area contributed by atoms with Crippen molar-refractivity contribution in [1.29, 1.82) is 0 Å². The smallest absolute Gasteiger partial charge is 0.342 e. The Morgan fingerprint density at radius 3 is 2.89 bits per heavy atom. The lowest BCUT2D eigenvalue weighted by atomic mass is 9.93. The van der Waals surface area contributed by atoms with E-state index in [0.717, 1.165) is 0 Å². The van der Waals surface area contributed by atoms with Crippen molar-refractivity contribution in [2.24, 2.45) is 5.92 Å². The normalized spacial score (nSPS) is 25.0. The summed E-state index contributed by atoms with van der Waals surface area (Å²) in [4.78, 5) is 23.9. The van der Waals surface area contributed by atoms with Crippen LogP contribution in [0.3, 0.4) is 0 Å². The molecule has 1 aromatic rings. The van der Waals surface area contributed by atoms with E-state index < -0.39 is 24.1 Å². The highest BCUT2D eigenvalue weighted by atomic mass is 16.5. The van der Waals surface area contributed by atoms with Gasteiger partial charge in [0.2, 0.25) is 0 Å². The number of cyclic esters (lactones) is 1. The van der Waals surface area contributed by atoms with Crippen molar-refractivity contribution in [2.45, 2.75) is 44.8 Å². The summed E-state index contributed by atoms with van der Waals surface area (Å²) in [7, 11) is 1.28. The van der Waals surface area contributed by atoms with Crippen molar-refractivity contribution in [1.82, 2.24) is 0 Å². The van der Waals surface area contributed by atoms with Crippen LogP contribution in [0.25, 0.3) is 0 Å². The number of benzene rings is 1. The molecule has 0 saturated carbocycles. The number of esters is 2. The molecule has 0 aromatic heterocycles. The van der Waals surface area contributed by atoms with E-state index in [9.17, 15) is 19.8 Å². The van der Waals surface area contributed by atoms with Crippen LogP contribution in [0.2, 0.25) is 0 Å². The Kier molecular flexibility index (Phi) is 7.61. The number of phenolic OH excluding ortho intramolecular Hbond substituents is 1. The summed E-state index contributed by atoms with van der Waals surface area (Å²) in [6, 6.07) is 4.90. The fourth-order valence-corrected chi connectivity index (χ4v) is 2.96. The van der Waals surface area contributed by atoms with Gasteiger partial charge in [0.1, 0.15) is 17.4 Å². The van der Waals surface area contributed by atoms with E-state index in [4.69, 9.17) is 4.74 Å². The van der Waals surface area contributed by atoms with E-state index in [-0.39, 0.29) is 30.1 Å². The van der Waals surface area contributed by atoms with Gasteiger partial charge in [0.15, 0.2) is 0 Å². The second kappa shape index (κ2) is 9.92. The standard InChI is InChI=1S/C21H26O6/c1-14-7-3-4-8-15-9-5-11-17(22)20(15)21(25)27-16(13-18(14)23)10-6-12-19(24)26-2/h3-6,9,11-12,14,16,18,22-23H,7-8,10,13H2,1-2H3/b4-3+,12-6+/t14-,16-,18+/m1/s1. The number of hydrogen-bond donors (Lipinski definition) is 2. The van der Waals surface area contributed by atoms with E-state index >= 15 is 0 Å². The summed E-state index contributed by atoms with van der Waals surface area (Å²) < 4.78 is 10.1. The lowest BCUT2D eigenvalue weighted by molar-refractivity contribution is -0.134. The first-order valence-electron chi connectivity index (χ1n) is 9.01. The second-order valence-electron chi connectivity index (χ2n) is 6.69. The SMILES string of the molecule is COC(=O)/C=C/C[C@@H]1C[C@H](O)[C@H](C)C/C=C/Cc2cccc(O)c2C(=O)O1. The third-order valence-corrected chi connectivity index (χ3v) is 4.63. The molecule has 0 fully saturated rings. The number of aliphatic hydroxyl groups excluding tert-OH is 1. The van der Waals surface area contributed by atoms with Crippen molar-refractivity contribution in [2.75, 3.05) is 7.11 Å². The Balaban J connectivity index is 2.29. The average Bonchev–Trinajstić information content (AvgIpc) is 2.63. The van der Waals surface area contributed by atoms with Gasteiger partial charge in [-0.05, 0) is 30.4 Å². The zero-order valence-corrected chi connectivity index (χ0v) is 15.6. The van der Waals surface area contributed by atoms with Crippen LogP contribution in [0, 0.1) is 5.92 Å². The van der Waals surface area contributed by atoms with Gasteiger partial charge < -0.3 is 19.7 Å². The summed E-state index contributed by atoms with van der Waals surface area (Å²) in [6.07, 6.45) is 7.07. The molecule has 146 valence electrons. The van der Waals surface area contributed by atoms with E-state index in [1.165, 1.54) is 19.3 Å². The van der Waals surface area contributed by atoms with Crippen LogP contribution in [0.15, 0.2) is 42.5 Å². The molecule has 0 spiro atoms. The highest BCUT2D eigenvalue weighted by Crippen LogP contribution is 2.26. The lowest BCUT2D eigenvalue weighted by Crippen LogP contribution is -2.28. The number of allylic oxidation sites excluding steroid dienone is 2. The molecule has 1 aliphatic heterocycles. The minimum absolute atomic E-state index is 0.00453. The highest BCUT2D eigenvalue weighted by molar-refractivity contribution is 5.94. The fourth-order valence-electron chi connectivity index (χ4n) is 2.96. The summed E-state index contributed by atoms with van der Waals surface area (Å²) in [5.74, 6) is -1.29. The molecule has 0 bridgehead atoms. The lowest BCUT2D eigenvalue weighted by Gasteiger charge is -2.24. The molecule has 2 N–H and O–H groups in total. The predicted molar refractivity (Wildman–Crippen MR) is 100 cm³/mol. The molecule has 0 unspecified atom stereocenters. The van der Waals surface area contributed by atoms with Crippen LogP contribution >= 0.6 is 0 Å². The van der Waals surface area contributed by atoms with Crippen molar-refractivity contribution in [3.05, 3.63) is 53.6 Å². The number of rotatable bonds is 3. The van der Waals surface area contributed by atoms with Crippen LogP contribution in [-0.4, -0.2) is 41.5 Å². The van der Waals surface area contributed by atoms with Gasteiger partial charge in [-0.1, -0.05) is 37.3 Å².